The Labute approximate surface area is 384 Å². The van der Waals surface area contributed by atoms with Gasteiger partial charge in [-0.05, 0) is 55.8 Å². The molecule has 0 aliphatic heterocycles. The molecule has 0 bridgehead atoms. The average Bonchev–Trinajstić information content (AvgIpc) is 3.68. The third kappa shape index (κ3) is 8.28. The third-order valence-corrected chi connectivity index (χ3v) is 11.6. The normalized spacial score (nSPS) is 11.6. The van der Waals surface area contributed by atoms with Crippen LogP contribution in [0.5, 0.6) is 5.75 Å². The first-order valence-corrected chi connectivity index (χ1v) is 21.0. The summed E-state index contributed by atoms with van der Waals surface area (Å²) < 4.78 is 2.17. The molecule has 0 spiro atoms. The number of fused-ring (bicyclic) bond motifs is 1. The van der Waals surface area contributed by atoms with Crippen LogP contribution >= 0.6 is 0 Å². The Hall–Kier alpha value is -6.86. The monoisotopic (exact) mass is 998 g/mol. The van der Waals surface area contributed by atoms with Crippen LogP contribution in [0.1, 0.15) is 58.2 Å². The van der Waals surface area contributed by atoms with Crippen molar-refractivity contribution in [2.45, 2.75) is 52.4 Å². The summed E-state index contributed by atoms with van der Waals surface area (Å²) in [5, 5.41) is 22.5. The van der Waals surface area contributed by atoms with Crippen LogP contribution in [-0.4, -0.2) is 19.5 Å². The Kier molecular flexibility index (Phi) is 11.6. The molecule has 0 saturated heterocycles. The van der Waals surface area contributed by atoms with Crippen LogP contribution in [0.4, 0.5) is 0 Å². The van der Waals surface area contributed by atoms with Crippen molar-refractivity contribution in [1.29, 1.82) is 5.26 Å². The molecule has 3 aromatic heterocycles. The summed E-state index contributed by atoms with van der Waals surface area (Å²) in [4.78, 5) is 10.4. The predicted molar refractivity (Wildman–Crippen MR) is 254 cm³/mol. The number of nitriles is 1. The molecule has 0 atom stereocenters. The van der Waals surface area contributed by atoms with Crippen molar-refractivity contribution < 1.29 is 26.2 Å². The zero-order valence-corrected chi connectivity index (χ0v) is 38.5. The summed E-state index contributed by atoms with van der Waals surface area (Å²) in [7, 11) is 0. The van der Waals surface area contributed by atoms with E-state index >= 15 is 0 Å². The van der Waals surface area contributed by atoms with Crippen molar-refractivity contribution in [2.75, 3.05) is 0 Å². The summed E-state index contributed by atoms with van der Waals surface area (Å²) in [5.74, 6) is 0.231. The van der Waals surface area contributed by atoms with Crippen molar-refractivity contribution in [3.63, 3.8) is 0 Å². The van der Waals surface area contributed by atoms with Crippen LogP contribution in [0.15, 0.2) is 170 Å². The first-order valence-electron chi connectivity index (χ1n) is 21.0. The SMILES string of the molecule is CC(C)(C)c1cc(-c2nc3c(-c4[c-]c(-c5cc(-c6ccccc6)c(C#N)cn5)cc(-c5ccccc5)c4)cccn3c2-c2ccccc2-c2ccccc2)c(O)c(C(C)(C)C)c1.[Pt]. The van der Waals surface area contributed by atoms with Gasteiger partial charge in [-0.25, -0.2) is 4.98 Å². The van der Waals surface area contributed by atoms with Gasteiger partial charge in [0.1, 0.15) is 23.2 Å². The predicted octanol–water partition coefficient (Wildman–Crippen LogP) is 14.4. The summed E-state index contributed by atoms with van der Waals surface area (Å²) in [6, 6.07) is 60.0. The second kappa shape index (κ2) is 17.1. The zero-order valence-electron chi connectivity index (χ0n) is 36.2. The van der Waals surface area contributed by atoms with Crippen molar-refractivity contribution >= 4 is 5.65 Å². The fraction of sp³-hybridized carbons (Fsp3) is 0.140. The van der Waals surface area contributed by atoms with E-state index in [-0.39, 0.29) is 37.6 Å². The standard InChI is InChI=1S/C57H47N4O.Pt/c1-56(2,3)44-32-49(54(62)50(33-44)57(4,5)6)52-53(47-26-17-16-25-45(47)38-21-12-8-13-22-38)61-28-18-27-46(55(61)60-52)41-29-40(37-19-10-7-11-20-37)30-42(31-41)51-34-48(43(35-58)36-59-51)39-23-14-9-15-24-39;/h7-30,32-34,36,62H,1-6H3;/q-1;. The van der Waals surface area contributed by atoms with E-state index in [1.54, 1.807) is 6.20 Å². The molecule has 9 aromatic rings. The molecule has 312 valence electrons. The van der Waals surface area contributed by atoms with E-state index in [4.69, 9.17) is 9.97 Å². The first-order chi connectivity index (χ1) is 29.9. The zero-order chi connectivity index (χ0) is 43.2. The number of imidazole rings is 1. The van der Waals surface area contributed by atoms with Crippen molar-refractivity contribution in [3.8, 4) is 90.1 Å². The van der Waals surface area contributed by atoms with E-state index in [2.05, 4.69) is 161 Å². The van der Waals surface area contributed by atoms with Gasteiger partial charge >= 0.3 is 0 Å². The summed E-state index contributed by atoms with van der Waals surface area (Å²) in [6.07, 6.45) is 3.72. The Morgan fingerprint density at radius 1 is 0.571 bits per heavy atom. The number of nitrogens with zero attached hydrogens (tertiary/aromatic N) is 4. The van der Waals surface area contributed by atoms with Gasteiger partial charge < -0.3 is 9.51 Å². The van der Waals surface area contributed by atoms with Crippen LogP contribution < -0.4 is 0 Å². The van der Waals surface area contributed by atoms with Crippen molar-refractivity contribution in [1.82, 2.24) is 14.4 Å². The second-order valence-electron chi connectivity index (χ2n) is 17.9. The van der Waals surface area contributed by atoms with Gasteiger partial charge in [-0.15, -0.1) is 23.8 Å². The molecule has 5 nitrogen and oxygen atoms in total. The minimum atomic E-state index is -0.338. The molecule has 6 heteroatoms. The average molecular weight is 999 g/mol. The fourth-order valence-corrected chi connectivity index (χ4v) is 8.30. The van der Waals surface area contributed by atoms with Gasteiger partial charge in [0.05, 0.1) is 11.3 Å². The number of phenolic OH excluding ortho intramolecular Hbond substituents is 1. The van der Waals surface area contributed by atoms with Gasteiger partial charge in [-0.3, -0.25) is 4.98 Å². The van der Waals surface area contributed by atoms with E-state index in [0.717, 1.165) is 78.1 Å². The Balaban J connectivity index is 0.00000544. The maximum Gasteiger partial charge on any atom is 0.128 e. The molecular formula is C57H47N4OPt-. The molecule has 0 unspecified atom stereocenters. The minimum Gasteiger partial charge on any atom is -0.507 e. The van der Waals surface area contributed by atoms with Crippen LogP contribution in [0.25, 0.3) is 83.9 Å². The Morgan fingerprint density at radius 3 is 1.76 bits per heavy atom. The molecule has 0 amide bonds. The second-order valence-corrected chi connectivity index (χ2v) is 17.9. The molecule has 0 saturated carbocycles. The van der Waals surface area contributed by atoms with Crippen LogP contribution in [0, 0.1) is 17.4 Å². The Bertz CT molecular complexity index is 3150. The van der Waals surface area contributed by atoms with Crippen LogP contribution in [0.2, 0.25) is 0 Å². The molecule has 3 heterocycles. The minimum absolute atomic E-state index is 0. The number of rotatable bonds is 7. The molecule has 0 radical (unpaired) electrons. The van der Waals surface area contributed by atoms with E-state index in [9.17, 15) is 10.4 Å². The van der Waals surface area contributed by atoms with E-state index in [1.807, 2.05) is 60.7 Å². The summed E-state index contributed by atoms with van der Waals surface area (Å²) >= 11 is 0. The number of benzene rings is 6. The number of aromatic hydroxyl groups is 1. The van der Waals surface area contributed by atoms with Gasteiger partial charge in [0.25, 0.3) is 0 Å². The van der Waals surface area contributed by atoms with Gasteiger partial charge in [0, 0.05) is 55.8 Å². The topological polar surface area (TPSA) is 74.2 Å². The number of phenols is 1. The van der Waals surface area contributed by atoms with Gasteiger partial charge in [0.2, 0.25) is 0 Å². The van der Waals surface area contributed by atoms with E-state index in [1.165, 1.54) is 0 Å². The summed E-state index contributed by atoms with van der Waals surface area (Å²) in [5.41, 5.74) is 15.1. The van der Waals surface area contributed by atoms with Crippen molar-refractivity contribution in [3.05, 3.63) is 193 Å². The molecule has 0 fully saturated rings. The fourth-order valence-electron chi connectivity index (χ4n) is 8.30. The number of aromatic nitrogens is 3. The number of hydrogen-bond donors (Lipinski definition) is 1. The molecule has 1 N–H and O–H groups in total. The Morgan fingerprint density at radius 2 is 1.14 bits per heavy atom. The molecule has 6 aromatic carbocycles. The third-order valence-electron chi connectivity index (χ3n) is 11.6. The van der Waals surface area contributed by atoms with Crippen LogP contribution in [0.3, 0.4) is 0 Å². The molecule has 0 aliphatic rings. The molecule has 63 heavy (non-hydrogen) atoms. The van der Waals surface area contributed by atoms with Gasteiger partial charge in [-0.2, -0.15) is 5.26 Å². The van der Waals surface area contributed by atoms with E-state index < -0.39 is 0 Å². The maximum absolute atomic E-state index is 12.4. The number of hydrogen-bond acceptors (Lipinski definition) is 4. The number of pyridine rings is 2. The largest absolute Gasteiger partial charge is 0.507 e. The maximum atomic E-state index is 12.4. The quantitative estimate of drug-likeness (QED) is 0.161. The molecule has 0 aliphatic carbocycles. The van der Waals surface area contributed by atoms with E-state index in [0.29, 0.717) is 22.5 Å². The van der Waals surface area contributed by atoms with Gasteiger partial charge in [0.15, 0.2) is 0 Å². The smallest absolute Gasteiger partial charge is 0.128 e. The van der Waals surface area contributed by atoms with Crippen LogP contribution in [-0.2, 0) is 31.9 Å². The first kappa shape index (κ1) is 42.8. The molecule has 9 rings (SSSR count). The molecular weight excluding hydrogens is 952 g/mol. The summed E-state index contributed by atoms with van der Waals surface area (Å²) in [6.45, 7) is 13.1. The van der Waals surface area contributed by atoms with Crippen molar-refractivity contribution in [2.24, 2.45) is 0 Å². The van der Waals surface area contributed by atoms with Gasteiger partial charge in [-0.1, -0.05) is 192 Å².